The van der Waals surface area contributed by atoms with Gasteiger partial charge in [-0.2, -0.15) is 0 Å². The third-order valence-corrected chi connectivity index (χ3v) is 4.39. The van der Waals surface area contributed by atoms with Crippen LogP contribution in [-0.4, -0.2) is 42.7 Å². The Morgan fingerprint density at radius 3 is 2.18 bits per heavy atom. The molecule has 0 saturated carbocycles. The van der Waals surface area contributed by atoms with Gasteiger partial charge in [0, 0.05) is 38.4 Å². The SMILES string of the molecule is Cc1ccc(N2CCN(C[C@H](O)c3ccccc3)CC2)cc1. The summed E-state index contributed by atoms with van der Waals surface area (Å²) in [6.45, 7) is 6.86. The number of aliphatic hydroxyl groups excluding tert-OH is 1. The lowest BCUT2D eigenvalue weighted by Gasteiger charge is -2.37. The van der Waals surface area contributed by atoms with Gasteiger partial charge in [0.25, 0.3) is 0 Å². The summed E-state index contributed by atoms with van der Waals surface area (Å²) in [5.74, 6) is 0. The van der Waals surface area contributed by atoms with Crippen molar-refractivity contribution in [1.29, 1.82) is 0 Å². The van der Waals surface area contributed by atoms with E-state index in [9.17, 15) is 5.11 Å². The van der Waals surface area contributed by atoms with Gasteiger partial charge in [0.05, 0.1) is 6.10 Å². The summed E-state index contributed by atoms with van der Waals surface area (Å²) in [6, 6.07) is 18.7. The Kier molecular flexibility index (Phi) is 4.76. The van der Waals surface area contributed by atoms with Crippen LogP contribution in [0.15, 0.2) is 54.6 Å². The Morgan fingerprint density at radius 1 is 0.909 bits per heavy atom. The Balaban J connectivity index is 1.52. The second kappa shape index (κ2) is 6.95. The number of anilines is 1. The van der Waals surface area contributed by atoms with Gasteiger partial charge in [-0.15, -0.1) is 0 Å². The Bertz CT molecular complexity index is 574. The summed E-state index contributed by atoms with van der Waals surface area (Å²) < 4.78 is 0. The standard InChI is InChI=1S/C19H24N2O/c1-16-7-9-18(10-8-16)21-13-11-20(12-14-21)15-19(22)17-5-3-2-4-6-17/h2-10,19,22H,11-15H2,1H3/t19-/m0/s1. The van der Waals surface area contributed by atoms with Gasteiger partial charge in [0.15, 0.2) is 0 Å². The molecule has 3 nitrogen and oxygen atoms in total. The molecule has 3 rings (SSSR count). The smallest absolute Gasteiger partial charge is 0.0916 e. The van der Waals surface area contributed by atoms with Crippen molar-refractivity contribution in [2.75, 3.05) is 37.6 Å². The lowest BCUT2D eigenvalue weighted by atomic mass is 10.1. The highest BCUT2D eigenvalue weighted by molar-refractivity contribution is 5.47. The van der Waals surface area contributed by atoms with Gasteiger partial charge >= 0.3 is 0 Å². The van der Waals surface area contributed by atoms with E-state index in [1.807, 2.05) is 30.3 Å². The molecule has 1 fully saturated rings. The summed E-state index contributed by atoms with van der Waals surface area (Å²) in [5, 5.41) is 10.3. The molecule has 116 valence electrons. The van der Waals surface area contributed by atoms with E-state index < -0.39 is 6.10 Å². The van der Waals surface area contributed by atoms with Gasteiger partial charge in [-0.1, -0.05) is 48.0 Å². The number of aliphatic hydroxyl groups is 1. The van der Waals surface area contributed by atoms with E-state index in [1.165, 1.54) is 11.3 Å². The number of aryl methyl sites for hydroxylation is 1. The number of hydrogen-bond acceptors (Lipinski definition) is 3. The average Bonchev–Trinajstić information content (AvgIpc) is 2.57. The van der Waals surface area contributed by atoms with E-state index in [0.29, 0.717) is 6.54 Å². The number of rotatable bonds is 4. The molecule has 1 heterocycles. The maximum absolute atomic E-state index is 10.3. The predicted molar refractivity (Wildman–Crippen MR) is 91.2 cm³/mol. The van der Waals surface area contributed by atoms with Crippen LogP contribution in [0.25, 0.3) is 0 Å². The summed E-state index contributed by atoms with van der Waals surface area (Å²) in [6.07, 6.45) is -0.396. The molecule has 1 aliphatic rings. The fourth-order valence-electron chi connectivity index (χ4n) is 2.97. The van der Waals surface area contributed by atoms with E-state index >= 15 is 0 Å². The molecule has 22 heavy (non-hydrogen) atoms. The first kappa shape index (κ1) is 15.1. The Labute approximate surface area is 132 Å². The summed E-state index contributed by atoms with van der Waals surface area (Å²) >= 11 is 0. The van der Waals surface area contributed by atoms with Crippen molar-refractivity contribution >= 4 is 5.69 Å². The first-order chi connectivity index (χ1) is 10.7. The number of nitrogens with zero attached hydrogens (tertiary/aromatic N) is 2. The summed E-state index contributed by atoms with van der Waals surface area (Å²) in [5.41, 5.74) is 3.60. The van der Waals surface area contributed by atoms with Crippen molar-refractivity contribution in [3.63, 3.8) is 0 Å². The minimum Gasteiger partial charge on any atom is -0.387 e. The number of benzene rings is 2. The van der Waals surface area contributed by atoms with Crippen LogP contribution in [0.2, 0.25) is 0 Å². The fourth-order valence-corrected chi connectivity index (χ4v) is 2.97. The molecule has 0 aliphatic carbocycles. The zero-order valence-corrected chi connectivity index (χ0v) is 13.2. The third-order valence-electron chi connectivity index (χ3n) is 4.39. The van der Waals surface area contributed by atoms with Crippen molar-refractivity contribution in [1.82, 2.24) is 4.90 Å². The van der Waals surface area contributed by atoms with Crippen LogP contribution in [0.1, 0.15) is 17.2 Å². The van der Waals surface area contributed by atoms with Crippen molar-refractivity contribution in [3.8, 4) is 0 Å². The molecule has 0 radical (unpaired) electrons. The normalized spacial score (nSPS) is 17.5. The molecular formula is C19H24N2O. The zero-order chi connectivity index (χ0) is 15.4. The highest BCUT2D eigenvalue weighted by Gasteiger charge is 2.19. The maximum Gasteiger partial charge on any atom is 0.0916 e. The average molecular weight is 296 g/mol. The van der Waals surface area contributed by atoms with Crippen LogP contribution in [0, 0.1) is 6.92 Å². The van der Waals surface area contributed by atoms with E-state index in [4.69, 9.17) is 0 Å². The van der Waals surface area contributed by atoms with Crippen molar-refractivity contribution < 1.29 is 5.11 Å². The van der Waals surface area contributed by atoms with E-state index in [2.05, 4.69) is 41.0 Å². The summed E-state index contributed by atoms with van der Waals surface area (Å²) in [4.78, 5) is 4.77. The van der Waals surface area contributed by atoms with Gasteiger partial charge in [0.2, 0.25) is 0 Å². The number of β-amino-alcohol motifs (C(OH)–C–C–N with tert-alkyl or cyclic N) is 1. The molecule has 3 heteroatoms. The molecule has 0 spiro atoms. The molecule has 1 aliphatic heterocycles. The van der Waals surface area contributed by atoms with Gasteiger partial charge in [-0.3, -0.25) is 4.90 Å². The summed E-state index contributed by atoms with van der Waals surface area (Å²) in [7, 11) is 0. The molecule has 0 unspecified atom stereocenters. The van der Waals surface area contributed by atoms with E-state index in [1.54, 1.807) is 0 Å². The predicted octanol–water partition coefficient (Wildman–Crippen LogP) is 2.85. The van der Waals surface area contributed by atoms with Crippen molar-refractivity contribution in [2.45, 2.75) is 13.0 Å². The first-order valence-corrected chi connectivity index (χ1v) is 7.99. The maximum atomic E-state index is 10.3. The van der Waals surface area contributed by atoms with Crippen molar-refractivity contribution in [2.24, 2.45) is 0 Å². The lowest BCUT2D eigenvalue weighted by Crippen LogP contribution is -2.47. The molecule has 0 bridgehead atoms. The molecule has 2 aromatic carbocycles. The molecule has 2 aromatic rings. The van der Waals surface area contributed by atoms with Crippen LogP contribution in [-0.2, 0) is 0 Å². The Morgan fingerprint density at radius 2 is 1.55 bits per heavy atom. The zero-order valence-electron chi connectivity index (χ0n) is 13.2. The van der Waals surface area contributed by atoms with Crippen LogP contribution >= 0.6 is 0 Å². The second-order valence-electron chi connectivity index (χ2n) is 6.05. The molecule has 0 amide bonds. The lowest BCUT2D eigenvalue weighted by molar-refractivity contribution is 0.109. The molecule has 1 N–H and O–H groups in total. The van der Waals surface area contributed by atoms with Crippen molar-refractivity contribution in [3.05, 3.63) is 65.7 Å². The number of hydrogen-bond donors (Lipinski definition) is 1. The molecule has 0 aromatic heterocycles. The molecule has 1 saturated heterocycles. The van der Waals surface area contributed by atoms with Crippen LogP contribution in [0.5, 0.6) is 0 Å². The minimum atomic E-state index is -0.396. The van der Waals surface area contributed by atoms with Crippen LogP contribution in [0.4, 0.5) is 5.69 Å². The van der Waals surface area contributed by atoms with Gasteiger partial charge in [0.1, 0.15) is 0 Å². The van der Waals surface area contributed by atoms with Gasteiger partial charge in [-0.25, -0.2) is 0 Å². The minimum absolute atomic E-state index is 0.396. The van der Waals surface area contributed by atoms with Crippen LogP contribution < -0.4 is 4.90 Å². The first-order valence-electron chi connectivity index (χ1n) is 7.99. The molecular weight excluding hydrogens is 272 g/mol. The van der Waals surface area contributed by atoms with E-state index in [0.717, 1.165) is 31.7 Å². The van der Waals surface area contributed by atoms with Crippen LogP contribution in [0.3, 0.4) is 0 Å². The Hall–Kier alpha value is -1.84. The third kappa shape index (κ3) is 3.67. The number of piperazine rings is 1. The molecule has 1 atom stereocenters. The largest absolute Gasteiger partial charge is 0.387 e. The highest BCUT2D eigenvalue weighted by Crippen LogP contribution is 2.19. The highest BCUT2D eigenvalue weighted by atomic mass is 16.3. The van der Waals surface area contributed by atoms with Gasteiger partial charge < -0.3 is 10.0 Å². The van der Waals surface area contributed by atoms with Gasteiger partial charge in [-0.05, 0) is 24.6 Å². The van der Waals surface area contributed by atoms with E-state index in [-0.39, 0.29) is 0 Å². The monoisotopic (exact) mass is 296 g/mol. The topological polar surface area (TPSA) is 26.7 Å². The second-order valence-corrected chi connectivity index (χ2v) is 6.05. The quantitative estimate of drug-likeness (QED) is 0.940. The fraction of sp³-hybridized carbons (Fsp3) is 0.368.